The number of alkyl halides is 3. The summed E-state index contributed by atoms with van der Waals surface area (Å²) in [6, 6.07) is 6.58. The van der Waals surface area contributed by atoms with Crippen molar-refractivity contribution in [3.05, 3.63) is 30.3 Å². The van der Waals surface area contributed by atoms with E-state index in [1.54, 1.807) is 13.8 Å². The Balaban J connectivity index is 2.58. The number of hydrogen-bond donors (Lipinski definition) is 1. The molecule has 1 aromatic rings. The van der Waals surface area contributed by atoms with Crippen molar-refractivity contribution in [3.8, 4) is 0 Å². The van der Waals surface area contributed by atoms with Crippen molar-refractivity contribution < 1.29 is 26.7 Å². The third-order valence-electron chi connectivity index (χ3n) is 3.35. The first-order valence-corrected chi connectivity index (χ1v) is 7.91. The van der Waals surface area contributed by atoms with E-state index in [4.69, 9.17) is 0 Å². The third kappa shape index (κ3) is 2.58. The lowest BCUT2D eigenvalue weighted by Crippen LogP contribution is -2.56. The van der Waals surface area contributed by atoms with Crippen LogP contribution >= 0.6 is 0 Å². The van der Waals surface area contributed by atoms with E-state index in [2.05, 4.69) is 5.10 Å². The molecule has 1 aliphatic rings. The minimum Gasteiger partial charge on any atom is -0.361 e. The highest BCUT2D eigenvalue weighted by atomic mass is 32.2. The molecule has 0 spiro atoms. The molecule has 2 rings (SSSR count). The number of rotatable bonds is 3. The van der Waals surface area contributed by atoms with Crippen LogP contribution in [0.25, 0.3) is 0 Å². The fourth-order valence-corrected chi connectivity index (χ4v) is 3.51. The summed E-state index contributed by atoms with van der Waals surface area (Å²) in [5.41, 5.74) is -3.60. The SMILES string of the molecule is CC(C)C1=NN(S(=O)(=O)c2ccccc2)[C@](O)(C(F)(F)F)C1. The summed E-state index contributed by atoms with van der Waals surface area (Å²) < 4.78 is 64.4. The molecule has 1 atom stereocenters. The smallest absolute Gasteiger partial charge is 0.361 e. The van der Waals surface area contributed by atoms with Gasteiger partial charge in [0.1, 0.15) is 0 Å². The first-order valence-electron chi connectivity index (χ1n) is 6.47. The summed E-state index contributed by atoms with van der Waals surface area (Å²) in [4.78, 5) is -0.369. The maximum absolute atomic E-state index is 13.2. The Morgan fingerprint density at radius 1 is 1.27 bits per heavy atom. The second kappa shape index (κ2) is 5.24. The summed E-state index contributed by atoms with van der Waals surface area (Å²) >= 11 is 0. The van der Waals surface area contributed by atoms with Crippen molar-refractivity contribution in [1.82, 2.24) is 4.41 Å². The molecular weight excluding hydrogens is 321 g/mol. The quantitative estimate of drug-likeness (QED) is 0.921. The van der Waals surface area contributed by atoms with Gasteiger partial charge in [-0.3, -0.25) is 0 Å². The van der Waals surface area contributed by atoms with E-state index in [9.17, 15) is 26.7 Å². The number of benzene rings is 1. The molecule has 0 aliphatic carbocycles. The van der Waals surface area contributed by atoms with Gasteiger partial charge in [0, 0.05) is 12.1 Å². The van der Waals surface area contributed by atoms with E-state index in [-0.39, 0.29) is 15.0 Å². The maximum atomic E-state index is 13.2. The largest absolute Gasteiger partial charge is 0.439 e. The molecule has 0 saturated carbocycles. The zero-order valence-electron chi connectivity index (χ0n) is 11.9. The van der Waals surface area contributed by atoms with E-state index in [0.29, 0.717) is 0 Å². The van der Waals surface area contributed by atoms with Crippen molar-refractivity contribution in [1.29, 1.82) is 0 Å². The van der Waals surface area contributed by atoms with Crippen LogP contribution in [-0.4, -0.2) is 35.6 Å². The molecular formula is C13H15F3N2O3S. The molecule has 0 unspecified atom stereocenters. The van der Waals surface area contributed by atoms with Gasteiger partial charge in [-0.25, -0.2) is 0 Å². The Bertz CT molecular complexity index is 686. The van der Waals surface area contributed by atoms with Gasteiger partial charge < -0.3 is 5.11 Å². The molecule has 0 aromatic heterocycles. The van der Waals surface area contributed by atoms with Gasteiger partial charge >= 0.3 is 6.18 Å². The standard InChI is InChI=1S/C13H15F3N2O3S/c1-9(2)11-8-12(19,13(14,15)16)18(17-11)22(20,21)10-6-4-3-5-7-10/h3-7,9,19H,8H2,1-2H3/t12-/m1/s1. The molecule has 1 aliphatic heterocycles. The van der Waals surface area contributed by atoms with E-state index in [1.807, 2.05) is 0 Å². The van der Waals surface area contributed by atoms with Crippen molar-refractivity contribution >= 4 is 15.7 Å². The summed E-state index contributed by atoms with van der Waals surface area (Å²) in [5, 5.41) is 13.6. The molecule has 1 heterocycles. The van der Waals surface area contributed by atoms with E-state index < -0.39 is 34.3 Å². The Morgan fingerprint density at radius 3 is 2.27 bits per heavy atom. The predicted molar refractivity (Wildman–Crippen MR) is 73.4 cm³/mol. The Labute approximate surface area is 126 Å². The third-order valence-corrected chi connectivity index (χ3v) is 5.06. The Morgan fingerprint density at radius 2 is 1.82 bits per heavy atom. The second-order valence-corrected chi connectivity index (χ2v) is 7.07. The van der Waals surface area contributed by atoms with Gasteiger partial charge in [0.25, 0.3) is 15.7 Å². The van der Waals surface area contributed by atoms with Crippen LogP contribution in [0.15, 0.2) is 40.3 Å². The summed E-state index contributed by atoms with van der Waals surface area (Å²) in [7, 11) is -4.62. The first-order chi connectivity index (χ1) is 10.00. The lowest BCUT2D eigenvalue weighted by atomic mass is 10.00. The fourth-order valence-electron chi connectivity index (χ4n) is 2.03. The lowest BCUT2D eigenvalue weighted by molar-refractivity contribution is -0.291. The fraction of sp³-hybridized carbons (Fsp3) is 0.462. The molecule has 0 saturated heterocycles. The normalized spacial score (nSPS) is 23.0. The van der Waals surface area contributed by atoms with Crippen molar-refractivity contribution in [2.75, 3.05) is 0 Å². The molecule has 5 nitrogen and oxygen atoms in total. The molecule has 22 heavy (non-hydrogen) atoms. The molecule has 0 fully saturated rings. The number of sulfonamides is 1. The molecule has 122 valence electrons. The van der Waals surface area contributed by atoms with Gasteiger partial charge in [-0.1, -0.05) is 32.0 Å². The van der Waals surface area contributed by atoms with Gasteiger partial charge in [-0.15, -0.1) is 4.41 Å². The van der Waals surface area contributed by atoms with Gasteiger partial charge in [0.05, 0.1) is 4.90 Å². The lowest BCUT2D eigenvalue weighted by Gasteiger charge is -2.33. The minimum absolute atomic E-state index is 0.0284. The van der Waals surface area contributed by atoms with Crippen LogP contribution in [-0.2, 0) is 10.0 Å². The van der Waals surface area contributed by atoms with Crippen molar-refractivity contribution in [2.45, 2.75) is 37.1 Å². The van der Waals surface area contributed by atoms with Gasteiger partial charge in [0.15, 0.2) is 0 Å². The zero-order chi connectivity index (χ0) is 16.8. The van der Waals surface area contributed by atoms with Crippen LogP contribution in [0.5, 0.6) is 0 Å². The van der Waals surface area contributed by atoms with Gasteiger partial charge in [-0.2, -0.15) is 26.7 Å². The van der Waals surface area contributed by atoms with Crippen LogP contribution in [0, 0.1) is 5.92 Å². The Kier molecular flexibility index (Phi) is 3.99. The van der Waals surface area contributed by atoms with Crippen LogP contribution in [0.1, 0.15) is 20.3 Å². The van der Waals surface area contributed by atoms with Crippen molar-refractivity contribution in [2.24, 2.45) is 11.0 Å². The highest BCUT2D eigenvalue weighted by Crippen LogP contribution is 2.43. The van der Waals surface area contributed by atoms with Crippen LogP contribution in [0.4, 0.5) is 13.2 Å². The van der Waals surface area contributed by atoms with E-state index >= 15 is 0 Å². The summed E-state index contributed by atoms with van der Waals surface area (Å²) in [6.07, 6.45) is -6.07. The maximum Gasteiger partial charge on any atom is 0.439 e. The van der Waals surface area contributed by atoms with Crippen LogP contribution < -0.4 is 0 Å². The summed E-state index contributed by atoms with van der Waals surface area (Å²) in [6.45, 7) is 3.16. The number of aliphatic hydroxyl groups is 1. The summed E-state index contributed by atoms with van der Waals surface area (Å²) in [5.74, 6) is -0.426. The van der Waals surface area contributed by atoms with Crippen LogP contribution in [0.2, 0.25) is 0 Å². The predicted octanol–water partition coefficient (Wildman–Crippen LogP) is 2.34. The number of hydrogen-bond acceptors (Lipinski definition) is 4. The molecule has 1 aromatic carbocycles. The first kappa shape index (κ1) is 16.8. The molecule has 0 bridgehead atoms. The molecule has 0 amide bonds. The van der Waals surface area contributed by atoms with E-state index in [1.165, 1.54) is 18.2 Å². The highest BCUT2D eigenvalue weighted by molar-refractivity contribution is 7.89. The average Bonchev–Trinajstić information content (AvgIpc) is 2.80. The molecule has 9 heteroatoms. The monoisotopic (exact) mass is 336 g/mol. The highest BCUT2D eigenvalue weighted by Gasteiger charge is 2.65. The topological polar surface area (TPSA) is 70.0 Å². The van der Waals surface area contributed by atoms with Crippen molar-refractivity contribution in [3.63, 3.8) is 0 Å². The minimum atomic E-state index is -5.17. The average molecular weight is 336 g/mol. The molecule has 0 radical (unpaired) electrons. The van der Waals surface area contributed by atoms with Gasteiger partial charge in [-0.05, 0) is 18.1 Å². The second-order valence-electron chi connectivity index (χ2n) is 5.30. The Hall–Kier alpha value is -1.61. The number of nitrogens with zero attached hydrogens (tertiary/aromatic N) is 2. The van der Waals surface area contributed by atoms with Crippen LogP contribution in [0.3, 0.4) is 0 Å². The van der Waals surface area contributed by atoms with Gasteiger partial charge in [0.2, 0.25) is 0 Å². The van der Waals surface area contributed by atoms with E-state index in [0.717, 1.165) is 12.1 Å². The number of hydrazone groups is 1. The molecule has 1 N–H and O–H groups in total. The number of halogens is 3. The zero-order valence-corrected chi connectivity index (χ0v) is 12.7.